The second kappa shape index (κ2) is 6.89. The van der Waals surface area contributed by atoms with Gasteiger partial charge >= 0.3 is 0 Å². The Kier molecular flexibility index (Phi) is 5.42. The first-order valence-electron chi connectivity index (χ1n) is 8.06. The fourth-order valence-electron chi connectivity index (χ4n) is 3.71. The standard InChI is InChI=1S/C16H29N3O/c1-4-18-16(12-17)8-7-15(11-16)19(9-10-20-3)13(2)14-5-6-14/h13-15,18H,4-11H2,1-3H3. The number of hydrogen-bond acceptors (Lipinski definition) is 4. The zero-order valence-corrected chi connectivity index (χ0v) is 13.2. The molecule has 0 heterocycles. The second-order valence-electron chi connectivity index (χ2n) is 6.43. The van der Waals surface area contributed by atoms with Crippen LogP contribution in [0.1, 0.15) is 46.0 Å². The van der Waals surface area contributed by atoms with E-state index in [9.17, 15) is 5.26 Å². The van der Waals surface area contributed by atoms with Crippen LogP contribution in [0.25, 0.3) is 0 Å². The maximum Gasteiger partial charge on any atom is 0.108 e. The molecule has 4 heteroatoms. The number of nitrogens with one attached hydrogen (secondary N) is 1. The molecule has 2 rings (SSSR count). The lowest BCUT2D eigenvalue weighted by Crippen LogP contribution is -2.47. The molecule has 0 bridgehead atoms. The van der Waals surface area contributed by atoms with Crippen molar-refractivity contribution < 1.29 is 4.74 Å². The summed E-state index contributed by atoms with van der Waals surface area (Å²) < 4.78 is 5.29. The number of nitrogens with zero attached hydrogens (tertiary/aromatic N) is 2. The van der Waals surface area contributed by atoms with Gasteiger partial charge in [-0.25, -0.2) is 0 Å². The molecule has 4 nitrogen and oxygen atoms in total. The van der Waals surface area contributed by atoms with Gasteiger partial charge in [0.1, 0.15) is 5.54 Å². The van der Waals surface area contributed by atoms with Crippen molar-refractivity contribution in [1.82, 2.24) is 10.2 Å². The maximum absolute atomic E-state index is 9.53. The zero-order valence-electron chi connectivity index (χ0n) is 13.2. The molecule has 2 fully saturated rings. The Labute approximate surface area is 123 Å². The van der Waals surface area contributed by atoms with E-state index in [4.69, 9.17) is 4.74 Å². The molecule has 20 heavy (non-hydrogen) atoms. The Hall–Kier alpha value is -0.630. The summed E-state index contributed by atoms with van der Waals surface area (Å²) in [6.07, 6.45) is 5.80. The third kappa shape index (κ3) is 3.52. The fourth-order valence-corrected chi connectivity index (χ4v) is 3.71. The molecule has 0 spiro atoms. The number of ether oxygens (including phenoxy) is 1. The first kappa shape index (κ1) is 15.8. The Morgan fingerprint density at radius 3 is 2.75 bits per heavy atom. The van der Waals surface area contributed by atoms with E-state index < -0.39 is 0 Å². The van der Waals surface area contributed by atoms with Crippen LogP contribution in [-0.4, -0.2) is 49.3 Å². The van der Waals surface area contributed by atoms with Crippen LogP contribution >= 0.6 is 0 Å². The van der Waals surface area contributed by atoms with Gasteiger partial charge in [0, 0.05) is 25.7 Å². The summed E-state index contributed by atoms with van der Waals surface area (Å²) in [4.78, 5) is 2.61. The van der Waals surface area contributed by atoms with Crippen LogP contribution in [0.15, 0.2) is 0 Å². The van der Waals surface area contributed by atoms with Crippen LogP contribution in [0.5, 0.6) is 0 Å². The average molecular weight is 279 g/mol. The molecule has 3 atom stereocenters. The van der Waals surface area contributed by atoms with Crippen molar-refractivity contribution in [2.75, 3.05) is 26.8 Å². The van der Waals surface area contributed by atoms with Gasteiger partial charge < -0.3 is 4.74 Å². The molecule has 2 saturated carbocycles. The molecule has 0 aromatic heterocycles. The van der Waals surface area contributed by atoms with Gasteiger partial charge in [-0.2, -0.15) is 5.26 Å². The molecule has 0 aromatic carbocycles. The van der Waals surface area contributed by atoms with E-state index in [2.05, 4.69) is 30.1 Å². The molecule has 0 amide bonds. The number of hydrogen-bond donors (Lipinski definition) is 1. The molecule has 0 aromatic rings. The molecule has 0 aliphatic heterocycles. The van der Waals surface area contributed by atoms with Crippen LogP contribution in [-0.2, 0) is 4.74 Å². The third-order valence-electron chi connectivity index (χ3n) is 5.07. The van der Waals surface area contributed by atoms with Gasteiger partial charge in [0.2, 0.25) is 0 Å². The largest absolute Gasteiger partial charge is 0.383 e. The van der Waals surface area contributed by atoms with E-state index in [1.54, 1.807) is 7.11 Å². The normalized spacial score (nSPS) is 31.4. The summed E-state index contributed by atoms with van der Waals surface area (Å²) >= 11 is 0. The number of rotatable bonds is 8. The van der Waals surface area contributed by atoms with Gasteiger partial charge in [0.05, 0.1) is 12.7 Å². The molecule has 3 unspecified atom stereocenters. The third-order valence-corrected chi connectivity index (χ3v) is 5.07. The summed E-state index contributed by atoms with van der Waals surface area (Å²) in [6.45, 7) is 7.09. The molecule has 2 aliphatic carbocycles. The summed E-state index contributed by atoms with van der Waals surface area (Å²) in [6, 6.07) is 3.69. The quantitative estimate of drug-likeness (QED) is 0.739. The van der Waals surface area contributed by atoms with E-state index in [1.807, 2.05) is 0 Å². The highest BCUT2D eigenvalue weighted by atomic mass is 16.5. The molecule has 0 radical (unpaired) electrons. The van der Waals surface area contributed by atoms with E-state index in [0.717, 1.165) is 44.9 Å². The Bertz CT molecular complexity index is 350. The molecule has 0 saturated heterocycles. The van der Waals surface area contributed by atoms with Crippen LogP contribution in [0.3, 0.4) is 0 Å². The van der Waals surface area contributed by atoms with Crippen molar-refractivity contribution in [2.24, 2.45) is 5.92 Å². The Morgan fingerprint density at radius 1 is 1.45 bits per heavy atom. The first-order valence-corrected chi connectivity index (χ1v) is 8.06. The van der Waals surface area contributed by atoms with Gasteiger partial charge in [-0.1, -0.05) is 6.92 Å². The predicted molar refractivity (Wildman–Crippen MR) is 80.4 cm³/mol. The molecule has 2 aliphatic rings. The van der Waals surface area contributed by atoms with Crippen molar-refractivity contribution in [2.45, 2.75) is 63.6 Å². The monoisotopic (exact) mass is 279 g/mol. The summed E-state index contributed by atoms with van der Waals surface area (Å²) in [7, 11) is 1.77. The lowest BCUT2D eigenvalue weighted by molar-refractivity contribution is 0.0809. The minimum absolute atomic E-state index is 0.298. The van der Waals surface area contributed by atoms with Crippen LogP contribution in [0.2, 0.25) is 0 Å². The predicted octanol–water partition coefficient (Wildman–Crippen LogP) is 2.16. The van der Waals surface area contributed by atoms with Crippen LogP contribution in [0, 0.1) is 17.2 Å². The SMILES string of the molecule is CCNC1(C#N)CCC(N(CCOC)C(C)C2CC2)C1. The van der Waals surface area contributed by atoms with E-state index in [0.29, 0.717) is 12.1 Å². The molecule has 114 valence electrons. The van der Waals surface area contributed by atoms with Crippen LogP contribution in [0.4, 0.5) is 0 Å². The summed E-state index contributed by atoms with van der Waals surface area (Å²) in [5, 5.41) is 12.9. The fraction of sp³-hybridized carbons (Fsp3) is 0.938. The van der Waals surface area contributed by atoms with E-state index in [1.165, 1.54) is 12.8 Å². The average Bonchev–Trinajstić information content (AvgIpc) is 3.22. The highest BCUT2D eigenvalue weighted by molar-refractivity contribution is 5.13. The molecular formula is C16H29N3O. The topological polar surface area (TPSA) is 48.3 Å². The van der Waals surface area contributed by atoms with Gasteiger partial charge in [0.25, 0.3) is 0 Å². The minimum atomic E-state index is -0.298. The van der Waals surface area contributed by atoms with Gasteiger partial charge in [-0.3, -0.25) is 10.2 Å². The Morgan fingerprint density at radius 2 is 2.20 bits per heavy atom. The first-order chi connectivity index (χ1) is 9.65. The highest BCUT2D eigenvalue weighted by Gasteiger charge is 2.44. The van der Waals surface area contributed by atoms with E-state index >= 15 is 0 Å². The van der Waals surface area contributed by atoms with Crippen molar-refractivity contribution in [3.63, 3.8) is 0 Å². The van der Waals surface area contributed by atoms with Gasteiger partial charge in [0.15, 0.2) is 0 Å². The highest BCUT2D eigenvalue weighted by Crippen LogP contribution is 2.40. The minimum Gasteiger partial charge on any atom is -0.383 e. The van der Waals surface area contributed by atoms with Crippen molar-refractivity contribution in [3.05, 3.63) is 0 Å². The van der Waals surface area contributed by atoms with Gasteiger partial charge in [-0.15, -0.1) is 0 Å². The summed E-state index contributed by atoms with van der Waals surface area (Å²) in [5.74, 6) is 0.864. The maximum atomic E-state index is 9.53. The van der Waals surface area contributed by atoms with Crippen molar-refractivity contribution in [1.29, 1.82) is 5.26 Å². The number of nitriles is 1. The molecule has 1 N–H and O–H groups in total. The number of methoxy groups -OCH3 is 1. The lowest BCUT2D eigenvalue weighted by atomic mass is 9.98. The zero-order chi connectivity index (χ0) is 14.6. The van der Waals surface area contributed by atoms with Crippen molar-refractivity contribution >= 4 is 0 Å². The van der Waals surface area contributed by atoms with Gasteiger partial charge in [-0.05, 0) is 51.5 Å². The molecular weight excluding hydrogens is 250 g/mol. The van der Waals surface area contributed by atoms with Crippen molar-refractivity contribution in [3.8, 4) is 6.07 Å². The Balaban J connectivity index is 2.00. The second-order valence-corrected chi connectivity index (χ2v) is 6.43. The lowest BCUT2D eigenvalue weighted by Gasteiger charge is -2.35. The smallest absolute Gasteiger partial charge is 0.108 e. The van der Waals surface area contributed by atoms with Crippen LogP contribution < -0.4 is 5.32 Å². The summed E-state index contributed by atoms with van der Waals surface area (Å²) in [5.41, 5.74) is -0.298. The van der Waals surface area contributed by atoms with E-state index in [-0.39, 0.29) is 5.54 Å².